The van der Waals surface area contributed by atoms with Crippen LogP contribution in [0.4, 0.5) is 17.5 Å². The largest absolute Gasteiger partial charge is 0.394 e. The third-order valence-electron chi connectivity index (χ3n) is 3.55. The maximum absolute atomic E-state index is 9.28. The Morgan fingerprint density at radius 2 is 1.85 bits per heavy atom. The normalized spacial score (nSPS) is 11.8. The van der Waals surface area contributed by atoms with E-state index in [-0.39, 0.29) is 12.6 Å². The number of nitrogens with one attached hydrogen (secondary N) is 2. The van der Waals surface area contributed by atoms with Gasteiger partial charge in [0.05, 0.1) is 23.0 Å². The van der Waals surface area contributed by atoms with E-state index in [2.05, 4.69) is 25.6 Å². The second-order valence-corrected chi connectivity index (χ2v) is 6.52. The smallest absolute Gasteiger partial charge is 0.225 e. The summed E-state index contributed by atoms with van der Waals surface area (Å²) in [4.78, 5) is 13.0. The lowest BCUT2D eigenvalue weighted by atomic mass is 10.2. The van der Waals surface area contributed by atoms with E-state index in [1.165, 1.54) is 0 Å². The van der Waals surface area contributed by atoms with E-state index in [9.17, 15) is 5.11 Å². The minimum atomic E-state index is -0.186. The Labute approximate surface area is 161 Å². The standard InChI is InChI=1S/C18H17Cl2N5O/c1-11(10-26)22-18-24-16(12-4-6-21-7-5-12)9-17(25-18)23-15-3-2-13(19)8-14(15)20/h2-9,11,26H,10H2,1H3,(H2,22,23,24,25)/t11-/m1/s1. The van der Waals surface area contributed by atoms with Crippen LogP contribution in [0, 0.1) is 0 Å². The van der Waals surface area contributed by atoms with Crippen LogP contribution in [0.2, 0.25) is 10.0 Å². The van der Waals surface area contributed by atoms with Crippen molar-refractivity contribution in [1.29, 1.82) is 0 Å². The summed E-state index contributed by atoms with van der Waals surface area (Å²) in [6.07, 6.45) is 3.40. The highest BCUT2D eigenvalue weighted by atomic mass is 35.5. The molecule has 0 bridgehead atoms. The molecule has 2 heterocycles. The quantitative estimate of drug-likeness (QED) is 0.579. The summed E-state index contributed by atoms with van der Waals surface area (Å²) in [6, 6.07) is 10.5. The number of aliphatic hydroxyl groups is 1. The number of aliphatic hydroxyl groups excluding tert-OH is 1. The minimum absolute atomic E-state index is 0.0331. The first kappa shape index (κ1) is 18.4. The van der Waals surface area contributed by atoms with Crippen molar-refractivity contribution in [2.24, 2.45) is 0 Å². The molecule has 26 heavy (non-hydrogen) atoms. The number of benzene rings is 1. The maximum atomic E-state index is 9.28. The van der Waals surface area contributed by atoms with E-state index in [0.717, 1.165) is 5.56 Å². The molecule has 0 amide bonds. The predicted molar refractivity (Wildman–Crippen MR) is 105 cm³/mol. The summed E-state index contributed by atoms with van der Waals surface area (Å²) in [6.45, 7) is 1.81. The number of rotatable bonds is 6. The highest BCUT2D eigenvalue weighted by Gasteiger charge is 2.10. The Morgan fingerprint density at radius 3 is 2.54 bits per heavy atom. The minimum Gasteiger partial charge on any atom is -0.394 e. The Balaban J connectivity index is 1.98. The summed E-state index contributed by atoms with van der Waals surface area (Å²) in [5.74, 6) is 0.956. The molecule has 3 N–H and O–H groups in total. The molecule has 0 aliphatic rings. The molecule has 1 atom stereocenters. The van der Waals surface area contributed by atoms with E-state index in [1.54, 1.807) is 30.6 Å². The zero-order valence-corrected chi connectivity index (χ0v) is 15.5. The average molecular weight is 390 g/mol. The van der Waals surface area contributed by atoms with Crippen molar-refractivity contribution in [2.75, 3.05) is 17.2 Å². The highest BCUT2D eigenvalue weighted by Crippen LogP contribution is 2.29. The molecule has 2 aromatic heterocycles. The van der Waals surface area contributed by atoms with Gasteiger partial charge in [0.2, 0.25) is 5.95 Å². The van der Waals surface area contributed by atoms with Crippen molar-refractivity contribution < 1.29 is 5.11 Å². The lowest BCUT2D eigenvalue weighted by Crippen LogP contribution is -2.21. The number of nitrogens with zero attached hydrogens (tertiary/aromatic N) is 3. The van der Waals surface area contributed by atoms with Gasteiger partial charge in [0.15, 0.2) is 0 Å². The highest BCUT2D eigenvalue weighted by molar-refractivity contribution is 6.36. The predicted octanol–water partition coefficient (Wildman–Crippen LogP) is 4.38. The molecule has 3 aromatic rings. The van der Waals surface area contributed by atoms with Gasteiger partial charge in [-0.05, 0) is 37.3 Å². The molecule has 0 fully saturated rings. The zero-order valence-electron chi connectivity index (χ0n) is 13.9. The first-order valence-electron chi connectivity index (χ1n) is 7.94. The van der Waals surface area contributed by atoms with Crippen molar-refractivity contribution in [3.8, 4) is 11.3 Å². The second kappa shape index (κ2) is 8.31. The van der Waals surface area contributed by atoms with Gasteiger partial charge in [-0.1, -0.05) is 23.2 Å². The molecule has 134 valence electrons. The maximum Gasteiger partial charge on any atom is 0.225 e. The van der Waals surface area contributed by atoms with Crippen LogP contribution in [-0.2, 0) is 0 Å². The van der Waals surface area contributed by atoms with Crippen LogP contribution in [0.15, 0.2) is 48.8 Å². The summed E-state index contributed by atoms with van der Waals surface area (Å²) in [5.41, 5.74) is 2.28. The second-order valence-electron chi connectivity index (χ2n) is 5.68. The van der Waals surface area contributed by atoms with E-state index < -0.39 is 0 Å². The fourth-order valence-electron chi connectivity index (χ4n) is 2.24. The van der Waals surface area contributed by atoms with Crippen molar-refractivity contribution in [3.63, 3.8) is 0 Å². The number of anilines is 3. The third-order valence-corrected chi connectivity index (χ3v) is 4.09. The van der Waals surface area contributed by atoms with E-state index in [4.69, 9.17) is 23.2 Å². The van der Waals surface area contributed by atoms with Crippen LogP contribution in [0.25, 0.3) is 11.3 Å². The summed E-state index contributed by atoms with van der Waals surface area (Å²) in [7, 11) is 0. The summed E-state index contributed by atoms with van der Waals surface area (Å²) >= 11 is 12.2. The van der Waals surface area contributed by atoms with Gasteiger partial charge in [-0.2, -0.15) is 4.98 Å². The number of hydrogen-bond acceptors (Lipinski definition) is 6. The van der Waals surface area contributed by atoms with Gasteiger partial charge in [0, 0.05) is 35.1 Å². The van der Waals surface area contributed by atoms with Crippen LogP contribution in [0.5, 0.6) is 0 Å². The van der Waals surface area contributed by atoms with Crippen LogP contribution >= 0.6 is 23.2 Å². The molecule has 0 spiro atoms. The monoisotopic (exact) mass is 389 g/mol. The van der Waals surface area contributed by atoms with Crippen LogP contribution in [0.1, 0.15) is 6.92 Å². The van der Waals surface area contributed by atoms with Gasteiger partial charge in [-0.25, -0.2) is 4.98 Å². The summed E-state index contributed by atoms with van der Waals surface area (Å²) in [5, 5.41) is 16.6. The fourth-order valence-corrected chi connectivity index (χ4v) is 2.70. The van der Waals surface area contributed by atoms with Gasteiger partial charge in [0.25, 0.3) is 0 Å². The van der Waals surface area contributed by atoms with Crippen LogP contribution in [0.3, 0.4) is 0 Å². The van der Waals surface area contributed by atoms with Crippen molar-refractivity contribution in [1.82, 2.24) is 15.0 Å². The third kappa shape index (κ3) is 4.60. The molecule has 0 radical (unpaired) electrons. The molecule has 0 unspecified atom stereocenters. The molecule has 1 aromatic carbocycles. The van der Waals surface area contributed by atoms with Crippen LogP contribution in [-0.4, -0.2) is 32.7 Å². The number of pyridine rings is 1. The Bertz CT molecular complexity index is 892. The molecule has 3 rings (SSSR count). The SMILES string of the molecule is C[C@H](CO)Nc1nc(Nc2ccc(Cl)cc2Cl)cc(-c2ccncc2)n1. The zero-order chi connectivity index (χ0) is 18.5. The van der Waals surface area contributed by atoms with Crippen molar-refractivity contribution >= 4 is 40.7 Å². The molecule has 0 aliphatic carbocycles. The van der Waals surface area contributed by atoms with Gasteiger partial charge in [-0.15, -0.1) is 0 Å². The average Bonchev–Trinajstić information content (AvgIpc) is 2.64. The van der Waals surface area contributed by atoms with E-state index in [1.807, 2.05) is 25.1 Å². The Kier molecular flexibility index (Phi) is 5.88. The van der Waals surface area contributed by atoms with E-state index >= 15 is 0 Å². The van der Waals surface area contributed by atoms with E-state index in [0.29, 0.717) is 33.2 Å². The number of halogens is 2. The molecular formula is C18H17Cl2N5O. The molecule has 6 nitrogen and oxygen atoms in total. The molecule has 0 saturated heterocycles. The van der Waals surface area contributed by atoms with Crippen molar-refractivity contribution in [2.45, 2.75) is 13.0 Å². The Morgan fingerprint density at radius 1 is 1.08 bits per heavy atom. The lowest BCUT2D eigenvalue weighted by Gasteiger charge is -2.14. The van der Waals surface area contributed by atoms with Gasteiger partial charge < -0.3 is 15.7 Å². The van der Waals surface area contributed by atoms with Gasteiger partial charge in [-0.3, -0.25) is 4.98 Å². The molecule has 0 aliphatic heterocycles. The van der Waals surface area contributed by atoms with Crippen LogP contribution < -0.4 is 10.6 Å². The topological polar surface area (TPSA) is 83.0 Å². The van der Waals surface area contributed by atoms with Crippen molar-refractivity contribution in [3.05, 3.63) is 58.8 Å². The number of hydrogen-bond donors (Lipinski definition) is 3. The molecule has 8 heteroatoms. The first-order valence-corrected chi connectivity index (χ1v) is 8.69. The number of aromatic nitrogens is 3. The first-order chi connectivity index (χ1) is 12.5. The van der Waals surface area contributed by atoms with Gasteiger partial charge >= 0.3 is 0 Å². The Hall–Kier alpha value is -2.41. The fraction of sp³-hybridized carbons (Fsp3) is 0.167. The lowest BCUT2D eigenvalue weighted by molar-refractivity contribution is 0.281. The molecular weight excluding hydrogens is 373 g/mol. The molecule has 0 saturated carbocycles. The van der Waals surface area contributed by atoms with Gasteiger partial charge in [0.1, 0.15) is 5.82 Å². The summed E-state index contributed by atoms with van der Waals surface area (Å²) < 4.78 is 0.